The Balaban J connectivity index is 1.49. The first-order chi connectivity index (χ1) is 12.7. The summed E-state index contributed by atoms with van der Waals surface area (Å²) in [6, 6.07) is 7.39. The highest BCUT2D eigenvalue weighted by molar-refractivity contribution is 5.39. The molecule has 7 heteroatoms. The second-order valence-electron chi connectivity index (χ2n) is 6.65. The van der Waals surface area contributed by atoms with Crippen molar-refractivity contribution in [3.8, 4) is 11.5 Å². The molecule has 3 rings (SSSR count). The summed E-state index contributed by atoms with van der Waals surface area (Å²) in [5, 5.41) is 14.1. The SMILES string of the molecule is Cc1noc(COc2ccccc2OCC(O)CN2CCCCCC2)n1. The average Bonchev–Trinajstić information content (AvgIpc) is 2.89. The molecule has 0 aliphatic carbocycles. The van der Waals surface area contributed by atoms with E-state index in [9.17, 15) is 5.11 Å². The third-order valence-electron chi connectivity index (χ3n) is 4.37. The van der Waals surface area contributed by atoms with E-state index >= 15 is 0 Å². The Morgan fingerprint density at radius 1 is 1.12 bits per heavy atom. The summed E-state index contributed by atoms with van der Waals surface area (Å²) in [4.78, 5) is 6.43. The maximum Gasteiger partial charge on any atom is 0.264 e. The fraction of sp³-hybridized carbons (Fsp3) is 0.579. The van der Waals surface area contributed by atoms with E-state index in [1.807, 2.05) is 24.3 Å². The van der Waals surface area contributed by atoms with Gasteiger partial charge in [-0.2, -0.15) is 4.98 Å². The Kier molecular flexibility index (Phi) is 6.85. The van der Waals surface area contributed by atoms with E-state index in [2.05, 4.69) is 15.0 Å². The molecule has 0 radical (unpaired) electrons. The van der Waals surface area contributed by atoms with Gasteiger partial charge in [-0.05, 0) is 45.0 Å². The minimum absolute atomic E-state index is 0.178. The first kappa shape index (κ1) is 18.7. The number of ether oxygens (including phenoxy) is 2. The highest BCUT2D eigenvalue weighted by Gasteiger charge is 2.15. The van der Waals surface area contributed by atoms with Gasteiger partial charge < -0.3 is 24.0 Å². The van der Waals surface area contributed by atoms with Crippen LogP contribution >= 0.6 is 0 Å². The van der Waals surface area contributed by atoms with Crippen LogP contribution in [0.5, 0.6) is 11.5 Å². The summed E-state index contributed by atoms with van der Waals surface area (Å²) >= 11 is 0. The van der Waals surface area contributed by atoms with E-state index < -0.39 is 6.10 Å². The number of aryl methyl sites for hydroxylation is 1. The summed E-state index contributed by atoms with van der Waals surface area (Å²) in [6.07, 6.45) is 4.46. The lowest BCUT2D eigenvalue weighted by molar-refractivity contribution is 0.0677. The molecule has 26 heavy (non-hydrogen) atoms. The molecule has 0 amide bonds. The van der Waals surface area contributed by atoms with Crippen LogP contribution in [-0.2, 0) is 6.61 Å². The molecule has 0 saturated carbocycles. The molecule has 0 spiro atoms. The number of β-amino-alcohol motifs (C(OH)–C–C–N with tert-alkyl or cyclic N) is 1. The van der Waals surface area contributed by atoms with E-state index in [0.717, 1.165) is 13.1 Å². The van der Waals surface area contributed by atoms with Crippen molar-refractivity contribution in [2.24, 2.45) is 0 Å². The van der Waals surface area contributed by atoms with Gasteiger partial charge in [-0.3, -0.25) is 0 Å². The van der Waals surface area contributed by atoms with Crippen molar-refractivity contribution in [1.82, 2.24) is 15.0 Å². The second kappa shape index (κ2) is 9.54. The Labute approximate surface area is 153 Å². The van der Waals surface area contributed by atoms with Gasteiger partial charge in [0.05, 0.1) is 0 Å². The number of hydrogen-bond donors (Lipinski definition) is 1. The van der Waals surface area contributed by atoms with E-state index in [1.165, 1.54) is 25.7 Å². The van der Waals surface area contributed by atoms with E-state index in [4.69, 9.17) is 14.0 Å². The van der Waals surface area contributed by atoms with Crippen LogP contribution in [0.3, 0.4) is 0 Å². The smallest absolute Gasteiger partial charge is 0.264 e. The van der Waals surface area contributed by atoms with Crippen molar-refractivity contribution in [2.45, 2.75) is 45.3 Å². The molecule has 1 aliphatic rings. The number of likely N-dealkylation sites (tertiary alicyclic amines) is 1. The van der Waals surface area contributed by atoms with Crippen molar-refractivity contribution in [2.75, 3.05) is 26.2 Å². The standard InChI is InChI=1S/C19H27N3O4/c1-15-20-19(26-21-15)14-25-18-9-5-4-8-17(18)24-13-16(23)12-22-10-6-2-3-7-11-22/h4-5,8-9,16,23H,2-3,6-7,10-14H2,1H3. The van der Waals surface area contributed by atoms with Crippen molar-refractivity contribution in [3.05, 3.63) is 36.0 Å². The minimum atomic E-state index is -0.528. The van der Waals surface area contributed by atoms with Crippen molar-refractivity contribution < 1.29 is 19.1 Å². The zero-order valence-electron chi connectivity index (χ0n) is 15.3. The van der Waals surface area contributed by atoms with Crippen LogP contribution in [0.15, 0.2) is 28.8 Å². The van der Waals surface area contributed by atoms with Gasteiger partial charge in [0.1, 0.15) is 12.7 Å². The molecule has 1 aliphatic heterocycles. The summed E-state index contributed by atoms with van der Waals surface area (Å²) in [6.45, 7) is 4.93. The summed E-state index contributed by atoms with van der Waals surface area (Å²) in [7, 11) is 0. The lowest BCUT2D eigenvalue weighted by atomic mass is 10.2. The summed E-state index contributed by atoms with van der Waals surface area (Å²) in [5.74, 6) is 2.17. The van der Waals surface area contributed by atoms with Crippen molar-refractivity contribution in [3.63, 3.8) is 0 Å². The monoisotopic (exact) mass is 361 g/mol. The number of aliphatic hydroxyl groups is 1. The van der Waals surface area contributed by atoms with E-state index in [0.29, 0.717) is 29.8 Å². The third kappa shape index (κ3) is 5.71. The van der Waals surface area contributed by atoms with Gasteiger partial charge in [-0.1, -0.05) is 30.1 Å². The zero-order valence-corrected chi connectivity index (χ0v) is 15.3. The van der Waals surface area contributed by atoms with Gasteiger partial charge in [0, 0.05) is 6.54 Å². The molecule has 142 valence electrons. The van der Waals surface area contributed by atoms with Crippen LogP contribution in [0.4, 0.5) is 0 Å². The molecule has 0 bridgehead atoms. The van der Waals surface area contributed by atoms with Crippen LogP contribution in [0.2, 0.25) is 0 Å². The topological polar surface area (TPSA) is 80.9 Å². The number of aromatic nitrogens is 2. The highest BCUT2D eigenvalue weighted by atomic mass is 16.5. The molecular formula is C19H27N3O4. The van der Waals surface area contributed by atoms with E-state index in [-0.39, 0.29) is 13.2 Å². The van der Waals surface area contributed by atoms with Gasteiger partial charge in [0.2, 0.25) is 0 Å². The Hall–Kier alpha value is -2.12. The van der Waals surface area contributed by atoms with Crippen LogP contribution in [-0.4, -0.2) is 52.5 Å². The first-order valence-corrected chi connectivity index (χ1v) is 9.25. The largest absolute Gasteiger partial charge is 0.487 e. The predicted octanol–water partition coefficient (Wildman–Crippen LogP) is 2.57. The number of rotatable bonds is 8. The minimum Gasteiger partial charge on any atom is -0.487 e. The molecule has 2 aromatic rings. The Morgan fingerprint density at radius 3 is 2.46 bits per heavy atom. The lowest BCUT2D eigenvalue weighted by Crippen LogP contribution is -2.36. The molecule has 1 N–H and O–H groups in total. The van der Waals surface area contributed by atoms with Crippen LogP contribution < -0.4 is 9.47 Å². The molecule has 1 saturated heterocycles. The molecule has 1 aromatic carbocycles. The Morgan fingerprint density at radius 2 is 1.81 bits per heavy atom. The summed E-state index contributed by atoms with van der Waals surface area (Å²) < 4.78 is 16.6. The number of hydrogen-bond acceptors (Lipinski definition) is 7. The van der Waals surface area contributed by atoms with Crippen molar-refractivity contribution >= 4 is 0 Å². The molecular weight excluding hydrogens is 334 g/mol. The van der Waals surface area contributed by atoms with Gasteiger partial charge in [0.25, 0.3) is 5.89 Å². The van der Waals surface area contributed by atoms with Gasteiger partial charge in [-0.15, -0.1) is 0 Å². The molecule has 1 unspecified atom stereocenters. The Bertz CT molecular complexity index is 668. The van der Waals surface area contributed by atoms with Crippen LogP contribution in [0, 0.1) is 6.92 Å². The molecule has 2 heterocycles. The second-order valence-corrected chi connectivity index (χ2v) is 6.65. The number of aliphatic hydroxyl groups excluding tert-OH is 1. The predicted molar refractivity (Wildman–Crippen MR) is 96.2 cm³/mol. The fourth-order valence-corrected chi connectivity index (χ4v) is 3.08. The van der Waals surface area contributed by atoms with Crippen molar-refractivity contribution in [1.29, 1.82) is 0 Å². The highest BCUT2D eigenvalue weighted by Crippen LogP contribution is 2.27. The van der Waals surface area contributed by atoms with E-state index in [1.54, 1.807) is 6.92 Å². The molecule has 1 fully saturated rings. The molecule has 1 aromatic heterocycles. The van der Waals surface area contributed by atoms with Crippen LogP contribution in [0.25, 0.3) is 0 Å². The normalized spacial score (nSPS) is 16.8. The maximum absolute atomic E-state index is 10.3. The van der Waals surface area contributed by atoms with Gasteiger partial charge >= 0.3 is 0 Å². The zero-order chi connectivity index (χ0) is 18.2. The first-order valence-electron chi connectivity index (χ1n) is 9.25. The average molecular weight is 361 g/mol. The number of benzene rings is 1. The number of para-hydroxylation sites is 2. The fourth-order valence-electron chi connectivity index (χ4n) is 3.08. The third-order valence-corrected chi connectivity index (χ3v) is 4.37. The maximum atomic E-state index is 10.3. The summed E-state index contributed by atoms with van der Waals surface area (Å²) in [5.41, 5.74) is 0. The van der Waals surface area contributed by atoms with Gasteiger partial charge in [-0.25, -0.2) is 0 Å². The lowest BCUT2D eigenvalue weighted by Gasteiger charge is -2.23. The number of nitrogens with zero attached hydrogens (tertiary/aromatic N) is 3. The molecule has 1 atom stereocenters. The van der Waals surface area contributed by atoms with Crippen LogP contribution in [0.1, 0.15) is 37.4 Å². The quantitative estimate of drug-likeness (QED) is 0.774. The van der Waals surface area contributed by atoms with Gasteiger partial charge in [0.15, 0.2) is 23.9 Å². The molecule has 7 nitrogen and oxygen atoms in total.